The molecule has 2 rings (SSSR count). The van der Waals surface area contributed by atoms with Gasteiger partial charge in [-0.25, -0.2) is 9.97 Å². The van der Waals surface area contributed by atoms with E-state index in [-0.39, 0.29) is 0 Å². The number of aryl methyl sites for hydroxylation is 1. The molecule has 0 aliphatic rings. The summed E-state index contributed by atoms with van der Waals surface area (Å²) in [6, 6.07) is 3.80. The maximum Gasteiger partial charge on any atom is 0.116 e. The molecule has 0 radical (unpaired) electrons. The van der Waals surface area contributed by atoms with E-state index < -0.39 is 0 Å². The molecule has 2 aromatic heterocycles. The minimum Gasteiger partial charge on any atom is -0.253 e. The van der Waals surface area contributed by atoms with Crippen LogP contribution in [0.25, 0.3) is 11.0 Å². The van der Waals surface area contributed by atoms with E-state index >= 15 is 0 Å². The van der Waals surface area contributed by atoms with Crippen LogP contribution in [0.1, 0.15) is 5.69 Å². The Balaban J connectivity index is 2.91. The zero-order valence-electron chi connectivity index (χ0n) is 6.15. The van der Waals surface area contributed by atoms with Gasteiger partial charge in [0, 0.05) is 6.20 Å². The van der Waals surface area contributed by atoms with Crippen LogP contribution in [0.15, 0.2) is 24.7 Å². The predicted octanol–water partition coefficient (Wildman–Crippen LogP) is 1.33. The molecule has 0 aromatic carbocycles. The van der Waals surface area contributed by atoms with Crippen molar-refractivity contribution in [3.8, 4) is 0 Å². The molecule has 0 atom stereocenters. The highest BCUT2D eigenvalue weighted by Crippen LogP contribution is 2.08. The van der Waals surface area contributed by atoms with E-state index in [0.29, 0.717) is 0 Å². The van der Waals surface area contributed by atoms with E-state index in [2.05, 4.69) is 15.0 Å². The van der Waals surface area contributed by atoms with Crippen LogP contribution in [-0.4, -0.2) is 15.0 Å². The minimum absolute atomic E-state index is 0.884. The van der Waals surface area contributed by atoms with Gasteiger partial charge in [0.25, 0.3) is 0 Å². The molecule has 0 fully saturated rings. The second kappa shape index (κ2) is 2.27. The second-order valence-electron chi connectivity index (χ2n) is 2.33. The number of nitrogens with zero attached hydrogens (tertiary/aromatic N) is 3. The summed E-state index contributed by atoms with van der Waals surface area (Å²) in [6.07, 6.45) is 3.30. The summed E-state index contributed by atoms with van der Waals surface area (Å²) >= 11 is 0. The number of fused-ring (bicyclic) bond motifs is 1. The Morgan fingerprint density at radius 2 is 2.09 bits per heavy atom. The van der Waals surface area contributed by atoms with Gasteiger partial charge in [-0.1, -0.05) is 0 Å². The van der Waals surface area contributed by atoms with E-state index in [1.54, 1.807) is 12.5 Å². The van der Waals surface area contributed by atoms with Crippen LogP contribution in [-0.2, 0) is 0 Å². The molecule has 0 saturated carbocycles. The molecule has 0 amide bonds. The molecular weight excluding hydrogens is 138 g/mol. The fourth-order valence-corrected chi connectivity index (χ4v) is 1.02. The molecule has 0 N–H and O–H groups in total. The van der Waals surface area contributed by atoms with Gasteiger partial charge in [-0.15, -0.1) is 0 Å². The largest absolute Gasteiger partial charge is 0.253 e. The number of hydrogen-bond donors (Lipinski definition) is 0. The summed E-state index contributed by atoms with van der Waals surface area (Å²) in [5.74, 6) is 0. The maximum absolute atomic E-state index is 4.16. The molecule has 11 heavy (non-hydrogen) atoms. The van der Waals surface area contributed by atoms with Gasteiger partial charge in [0.15, 0.2) is 0 Å². The summed E-state index contributed by atoms with van der Waals surface area (Å²) in [6.45, 7) is 1.93. The fraction of sp³-hybridized carbons (Fsp3) is 0.125. The van der Waals surface area contributed by atoms with Crippen LogP contribution < -0.4 is 0 Å². The molecule has 0 saturated heterocycles. The fourth-order valence-electron chi connectivity index (χ4n) is 1.02. The van der Waals surface area contributed by atoms with Gasteiger partial charge < -0.3 is 0 Å². The Bertz CT molecular complexity index is 378. The van der Waals surface area contributed by atoms with Gasteiger partial charge in [-0.2, -0.15) is 0 Å². The maximum atomic E-state index is 4.16. The molecule has 0 spiro atoms. The predicted molar refractivity (Wildman–Crippen MR) is 42.1 cm³/mol. The molecule has 54 valence electrons. The lowest BCUT2D eigenvalue weighted by Gasteiger charge is -1.95. The van der Waals surface area contributed by atoms with Crippen molar-refractivity contribution in [2.24, 2.45) is 0 Å². The number of rotatable bonds is 0. The van der Waals surface area contributed by atoms with Crippen molar-refractivity contribution in [1.29, 1.82) is 0 Å². The van der Waals surface area contributed by atoms with Crippen molar-refractivity contribution in [3.63, 3.8) is 0 Å². The molecule has 0 aliphatic carbocycles. The van der Waals surface area contributed by atoms with Crippen LogP contribution in [0, 0.1) is 6.92 Å². The highest BCUT2D eigenvalue weighted by Gasteiger charge is 1.96. The van der Waals surface area contributed by atoms with Crippen molar-refractivity contribution in [1.82, 2.24) is 15.0 Å². The molecule has 2 heterocycles. The van der Waals surface area contributed by atoms with Gasteiger partial charge in [-0.3, -0.25) is 4.98 Å². The highest BCUT2D eigenvalue weighted by molar-refractivity contribution is 5.75. The van der Waals surface area contributed by atoms with Gasteiger partial charge >= 0.3 is 0 Å². The van der Waals surface area contributed by atoms with Crippen LogP contribution in [0.4, 0.5) is 0 Å². The zero-order valence-corrected chi connectivity index (χ0v) is 6.15. The van der Waals surface area contributed by atoms with Crippen LogP contribution in [0.2, 0.25) is 0 Å². The van der Waals surface area contributed by atoms with Gasteiger partial charge in [0.05, 0.1) is 11.2 Å². The summed E-state index contributed by atoms with van der Waals surface area (Å²) in [4.78, 5) is 12.3. The third-order valence-corrected chi connectivity index (χ3v) is 1.58. The zero-order chi connectivity index (χ0) is 7.68. The first-order valence-corrected chi connectivity index (χ1v) is 3.40. The van der Waals surface area contributed by atoms with E-state index in [4.69, 9.17) is 0 Å². The molecule has 0 bridgehead atoms. The van der Waals surface area contributed by atoms with Crippen molar-refractivity contribution in [2.75, 3.05) is 0 Å². The number of pyridine rings is 1. The van der Waals surface area contributed by atoms with Gasteiger partial charge in [0.1, 0.15) is 11.8 Å². The van der Waals surface area contributed by atoms with E-state index in [9.17, 15) is 0 Å². The average molecular weight is 145 g/mol. The molecule has 3 heteroatoms. The standard InChI is InChI=1S/C8H7N3/c1-6-8-7(11-5-10-6)3-2-4-9-8/h2-5H,1H3. The first-order chi connectivity index (χ1) is 5.38. The minimum atomic E-state index is 0.884. The Kier molecular flexibility index (Phi) is 1.28. The lowest BCUT2D eigenvalue weighted by atomic mass is 10.3. The lowest BCUT2D eigenvalue weighted by Crippen LogP contribution is -1.88. The third-order valence-electron chi connectivity index (χ3n) is 1.58. The van der Waals surface area contributed by atoms with Crippen molar-refractivity contribution in [3.05, 3.63) is 30.4 Å². The number of aromatic nitrogens is 3. The molecule has 3 nitrogen and oxygen atoms in total. The van der Waals surface area contributed by atoms with Crippen LogP contribution in [0.3, 0.4) is 0 Å². The highest BCUT2D eigenvalue weighted by atomic mass is 14.9. The summed E-state index contributed by atoms with van der Waals surface area (Å²) < 4.78 is 0. The lowest BCUT2D eigenvalue weighted by molar-refractivity contribution is 1.13. The van der Waals surface area contributed by atoms with Crippen molar-refractivity contribution in [2.45, 2.75) is 6.92 Å². The van der Waals surface area contributed by atoms with E-state index in [1.807, 2.05) is 19.1 Å². The smallest absolute Gasteiger partial charge is 0.116 e. The Morgan fingerprint density at radius 3 is 2.91 bits per heavy atom. The molecule has 0 aliphatic heterocycles. The third kappa shape index (κ3) is 0.941. The average Bonchev–Trinajstić information content (AvgIpc) is 2.06. The Morgan fingerprint density at radius 1 is 1.18 bits per heavy atom. The normalized spacial score (nSPS) is 10.3. The summed E-state index contributed by atoms with van der Waals surface area (Å²) in [5, 5.41) is 0. The van der Waals surface area contributed by atoms with Crippen molar-refractivity contribution < 1.29 is 0 Å². The van der Waals surface area contributed by atoms with E-state index in [1.165, 1.54) is 0 Å². The second-order valence-corrected chi connectivity index (χ2v) is 2.33. The summed E-state index contributed by atoms with van der Waals surface area (Å²) in [5.41, 5.74) is 2.71. The first kappa shape index (κ1) is 6.22. The SMILES string of the molecule is Cc1ncnc2cccnc12. The van der Waals surface area contributed by atoms with Gasteiger partial charge in [0.2, 0.25) is 0 Å². The molecule has 2 aromatic rings. The van der Waals surface area contributed by atoms with Crippen LogP contribution >= 0.6 is 0 Å². The summed E-state index contributed by atoms with van der Waals surface area (Å²) in [7, 11) is 0. The quantitative estimate of drug-likeness (QED) is 0.561. The van der Waals surface area contributed by atoms with Gasteiger partial charge in [-0.05, 0) is 19.1 Å². The monoisotopic (exact) mass is 145 g/mol. The topological polar surface area (TPSA) is 38.7 Å². The molecular formula is C8H7N3. The van der Waals surface area contributed by atoms with Crippen molar-refractivity contribution >= 4 is 11.0 Å². The van der Waals surface area contributed by atoms with E-state index in [0.717, 1.165) is 16.7 Å². The first-order valence-electron chi connectivity index (χ1n) is 3.40. The Labute approximate surface area is 64.1 Å². The Hall–Kier alpha value is -1.51. The molecule has 0 unspecified atom stereocenters. The van der Waals surface area contributed by atoms with Crippen LogP contribution in [0.5, 0.6) is 0 Å². The number of hydrogen-bond acceptors (Lipinski definition) is 3.